The van der Waals surface area contributed by atoms with Crippen molar-refractivity contribution in [1.82, 2.24) is 10.2 Å². The van der Waals surface area contributed by atoms with Gasteiger partial charge in [-0.15, -0.1) is 0 Å². The maximum absolute atomic E-state index is 14.1. The maximum Gasteiger partial charge on any atom is 0.264 e. The van der Waals surface area contributed by atoms with Gasteiger partial charge in [0.05, 0.1) is 24.8 Å². The van der Waals surface area contributed by atoms with E-state index < -0.39 is 28.5 Å². The Bertz CT molecular complexity index is 1460. The van der Waals surface area contributed by atoms with Crippen molar-refractivity contribution in [1.29, 1.82) is 0 Å². The maximum atomic E-state index is 14.1. The lowest BCUT2D eigenvalue weighted by molar-refractivity contribution is -0.139. The number of sulfonamides is 1. The number of carbonyl (C=O) groups excluding carboxylic acids is 2. The van der Waals surface area contributed by atoms with Crippen LogP contribution >= 0.6 is 0 Å². The second kappa shape index (κ2) is 14.9. The van der Waals surface area contributed by atoms with Crippen LogP contribution in [0.5, 0.6) is 11.5 Å². The molecule has 0 spiro atoms. The molecule has 10 heteroatoms. The van der Waals surface area contributed by atoms with Crippen LogP contribution in [0.1, 0.15) is 44.6 Å². The van der Waals surface area contributed by atoms with Gasteiger partial charge < -0.3 is 19.7 Å². The van der Waals surface area contributed by atoms with E-state index in [2.05, 4.69) is 5.32 Å². The molecule has 0 radical (unpaired) electrons. The molecule has 3 aromatic carbocycles. The average Bonchev–Trinajstić information content (AvgIpc) is 3.04. The van der Waals surface area contributed by atoms with Crippen LogP contribution in [-0.4, -0.2) is 64.5 Å². The Hall–Kier alpha value is -4.05. The number of nitrogens with zero attached hydrogens (tertiary/aromatic N) is 2. The highest BCUT2D eigenvalue weighted by Crippen LogP contribution is 2.32. The molecule has 0 heterocycles. The third-order valence-corrected chi connectivity index (χ3v) is 9.64. The van der Waals surface area contributed by atoms with E-state index in [-0.39, 0.29) is 29.1 Å². The molecule has 9 nitrogen and oxygen atoms in total. The average molecular weight is 608 g/mol. The number of nitrogens with one attached hydrogen (secondary N) is 1. The third-order valence-electron chi connectivity index (χ3n) is 7.87. The van der Waals surface area contributed by atoms with Crippen molar-refractivity contribution in [3.8, 4) is 11.5 Å². The number of methoxy groups -OCH3 is 2. The number of anilines is 1. The Morgan fingerprint density at radius 2 is 1.51 bits per heavy atom. The summed E-state index contributed by atoms with van der Waals surface area (Å²) in [6.45, 7) is 1.47. The van der Waals surface area contributed by atoms with Gasteiger partial charge in [0.15, 0.2) is 11.5 Å². The molecule has 1 atom stereocenters. The zero-order chi connectivity index (χ0) is 30.8. The molecule has 3 aromatic rings. The monoisotopic (exact) mass is 607 g/mol. The number of benzene rings is 3. The van der Waals surface area contributed by atoms with Gasteiger partial charge in [0.25, 0.3) is 10.0 Å². The lowest BCUT2D eigenvalue weighted by atomic mass is 9.95. The molecule has 0 bridgehead atoms. The zero-order valence-corrected chi connectivity index (χ0v) is 25.9. The van der Waals surface area contributed by atoms with Crippen molar-refractivity contribution in [3.05, 3.63) is 84.4 Å². The largest absolute Gasteiger partial charge is 0.493 e. The van der Waals surface area contributed by atoms with Gasteiger partial charge in [-0.3, -0.25) is 13.9 Å². The van der Waals surface area contributed by atoms with Crippen molar-refractivity contribution in [3.63, 3.8) is 0 Å². The molecule has 4 rings (SSSR count). The first kappa shape index (κ1) is 31.9. The van der Waals surface area contributed by atoms with Gasteiger partial charge in [-0.05, 0) is 56.0 Å². The minimum Gasteiger partial charge on any atom is -0.493 e. The van der Waals surface area contributed by atoms with Crippen molar-refractivity contribution in [2.45, 2.75) is 62.4 Å². The normalized spacial score (nSPS) is 14.4. The summed E-state index contributed by atoms with van der Waals surface area (Å²) in [6.07, 6.45) is 5.64. The van der Waals surface area contributed by atoms with Crippen molar-refractivity contribution >= 4 is 27.5 Å². The van der Waals surface area contributed by atoms with E-state index in [1.165, 1.54) is 37.3 Å². The molecule has 1 saturated carbocycles. The molecule has 1 aliphatic rings. The Kier molecular flexibility index (Phi) is 11.1. The van der Waals surface area contributed by atoms with E-state index >= 15 is 0 Å². The summed E-state index contributed by atoms with van der Waals surface area (Å²) < 4.78 is 39.9. The predicted octanol–water partition coefficient (Wildman–Crippen LogP) is 4.81. The zero-order valence-electron chi connectivity index (χ0n) is 25.1. The van der Waals surface area contributed by atoms with Crippen LogP contribution in [0.4, 0.5) is 5.69 Å². The molecule has 230 valence electrons. The minimum atomic E-state index is -4.23. The van der Waals surface area contributed by atoms with Crippen LogP contribution < -0.4 is 19.1 Å². The first-order valence-corrected chi connectivity index (χ1v) is 16.1. The molecular formula is C33H41N3O6S. The number of amides is 2. The smallest absolute Gasteiger partial charge is 0.264 e. The van der Waals surface area contributed by atoms with Gasteiger partial charge in [0.1, 0.15) is 12.6 Å². The van der Waals surface area contributed by atoms with E-state index in [1.54, 1.807) is 37.3 Å². The minimum absolute atomic E-state index is 0.0549. The van der Waals surface area contributed by atoms with E-state index in [4.69, 9.17) is 9.47 Å². The van der Waals surface area contributed by atoms with Crippen LogP contribution in [0.25, 0.3) is 0 Å². The van der Waals surface area contributed by atoms with Crippen LogP contribution in [-0.2, 0) is 26.0 Å². The van der Waals surface area contributed by atoms with Gasteiger partial charge >= 0.3 is 0 Å². The number of ether oxygens (including phenoxy) is 2. The number of para-hydroxylation sites is 1. The van der Waals surface area contributed by atoms with Crippen LogP contribution in [0, 0.1) is 0 Å². The summed E-state index contributed by atoms with van der Waals surface area (Å²) >= 11 is 0. The highest BCUT2D eigenvalue weighted by Gasteiger charge is 2.33. The standard InChI is InChI=1S/C33H41N3O6S/c1-25(33(38)34-27-15-9-5-10-16-27)35(22-21-26-13-7-4-8-14-26)32(37)24-36(28-17-11-6-12-18-28)43(39,40)29-19-20-30(41-2)31(23-29)42-3/h4,6-8,11-14,17-20,23,25,27H,5,9-10,15-16,21-22,24H2,1-3H3,(H,34,38)/t25-/m1/s1. The Morgan fingerprint density at radius 1 is 0.884 bits per heavy atom. The molecule has 1 fully saturated rings. The van der Waals surface area contributed by atoms with Gasteiger partial charge in [0, 0.05) is 18.7 Å². The van der Waals surface area contributed by atoms with E-state index in [0.29, 0.717) is 17.9 Å². The fourth-order valence-electron chi connectivity index (χ4n) is 5.37. The van der Waals surface area contributed by atoms with E-state index in [0.717, 1.165) is 42.0 Å². The Labute approximate surface area is 254 Å². The summed E-state index contributed by atoms with van der Waals surface area (Å²) in [6, 6.07) is 21.8. The topological polar surface area (TPSA) is 105 Å². The highest BCUT2D eigenvalue weighted by molar-refractivity contribution is 7.92. The van der Waals surface area contributed by atoms with Gasteiger partial charge in [-0.25, -0.2) is 8.42 Å². The number of carbonyl (C=O) groups is 2. The van der Waals surface area contributed by atoms with Gasteiger partial charge in [-0.1, -0.05) is 67.8 Å². The van der Waals surface area contributed by atoms with Gasteiger partial charge in [0.2, 0.25) is 11.8 Å². The molecule has 1 aliphatic carbocycles. The van der Waals surface area contributed by atoms with Crippen molar-refractivity contribution < 1.29 is 27.5 Å². The number of hydrogen-bond donors (Lipinski definition) is 1. The fraction of sp³-hybridized carbons (Fsp3) is 0.394. The molecular weight excluding hydrogens is 566 g/mol. The van der Waals surface area contributed by atoms with Crippen LogP contribution in [0.2, 0.25) is 0 Å². The fourth-order valence-corrected chi connectivity index (χ4v) is 6.80. The first-order valence-electron chi connectivity index (χ1n) is 14.7. The molecule has 1 N–H and O–H groups in total. The summed E-state index contributed by atoms with van der Waals surface area (Å²) in [7, 11) is -1.33. The summed E-state index contributed by atoms with van der Waals surface area (Å²) in [5.74, 6) is -0.0773. The number of rotatable bonds is 13. The second-order valence-electron chi connectivity index (χ2n) is 10.7. The van der Waals surface area contributed by atoms with E-state index in [9.17, 15) is 18.0 Å². The highest BCUT2D eigenvalue weighted by atomic mass is 32.2. The third kappa shape index (κ3) is 8.07. The molecule has 0 aromatic heterocycles. The number of hydrogen-bond acceptors (Lipinski definition) is 6. The molecule has 0 saturated heterocycles. The van der Waals surface area contributed by atoms with Crippen molar-refractivity contribution in [2.24, 2.45) is 0 Å². The lowest BCUT2D eigenvalue weighted by Crippen LogP contribution is -2.53. The molecule has 0 unspecified atom stereocenters. The van der Waals surface area contributed by atoms with Crippen molar-refractivity contribution in [2.75, 3.05) is 31.6 Å². The Balaban J connectivity index is 1.64. The predicted molar refractivity (Wildman–Crippen MR) is 167 cm³/mol. The quantitative estimate of drug-likeness (QED) is 0.299. The molecule has 43 heavy (non-hydrogen) atoms. The second-order valence-corrected chi connectivity index (χ2v) is 12.6. The first-order chi connectivity index (χ1) is 20.7. The molecule has 2 amide bonds. The summed E-state index contributed by atoms with van der Waals surface area (Å²) in [4.78, 5) is 28.9. The van der Waals surface area contributed by atoms with Crippen LogP contribution in [0.3, 0.4) is 0 Å². The SMILES string of the molecule is COc1ccc(S(=O)(=O)N(CC(=O)N(CCc2ccccc2)[C@H](C)C(=O)NC2CCCCC2)c2ccccc2)cc1OC. The lowest BCUT2D eigenvalue weighted by Gasteiger charge is -2.33. The van der Waals surface area contributed by atoms with Crippen LogP contribution in [0.15, 0.2) is 83.8 Å². The van der Waals surface area contributed by atoms with Gasteiger partial charge in [-0.2, -0.15) is 0 Å². The van der Waals surface area contributed by atoms with E-state index in [1.807, 2.05) is 30.3 Å². The summed E-state index contributed by atoms with van der Waals surface area (Å²) in [5.41, 5.74) is 1.34. The summed E-state index contributed by atoms with van der Waals surface area (Å²) in [5, 5.41) is 3.13. The molecule has 0 aliphatic heterocycles. The Morgan fingerprint density at radius 3 is 2.14 bits per heavy atom.